The lowest BCUT2D eigenvalue weighted by atomic mass is 10.2. The van der Waals surface area contributed by atoms with E-state index in [0.717, 1.165) is 13.7 Å². The Bertz CT molecular complexity index is 117. The highest BCUT2D eigenvalue weighted by Gasteiger charge is 2.26. The molecule has 0 aromatic heterocycles. The van der Waals surface area contributed by atoms with Gasteiger partial charge in [0, 0.05) is 16.2 Å². The first kappa shape index (κ1) is 16.4. The smallest absolute Gasteiger partial charge is 0.0754 e. The third kappa shape index (κ3) is 6.85. The molecule has 0 nitrogen and oxygen atoms in total. The molecule has 0 bridgehead atoms. The van der Waals surface area contributed by atoms with Crippen LogP contribution in [0.1, 0.15) is 6.42 Å². The van der Waals surface area contributed by atoms with E-state index in [4.69, 9.17) is 0 Å². The lowest BCUT2D eigenvalue weighted by molar-refractivity contribution is 0.822. The summed E-state index contributed by atoms with van der Waals surface area (Å²) in [5, 5.41) is 0. The highest BCUT2D eigenvalue weighted by atomic mass is 127. The van der Waals surface area contributed by atoms with E-state index in [-0.39, 0.29) is 0 Å². The van der Waals surface area contributed by atoms with E-state index in [2.05, 4.69) is 136 Å². The molecule has 74 valence electrons. The van der Waals surface area contributed by atoms with Crippen molar-refractivity contribution in [2.45, 2.75) is 20.1 Å². The summed E-state index contributed by atoms with van der Waals surface area (Å²) in [5.74, 6) is 0. The molecule has 0 rings (SSSR count). The van der Waals surface area contributed by atoms with E-state index in [1.165, 1.54) is 10.8 Å². The Morgan fingerprint density at radius 1 is 0.833 bits per heavy atom. The van der Waals surface area contributed by atoms with E-state index in [1.54, 1.807) is 0 Å². The molecule has 6 heteroatoms. The number of alkyl halides is 6. The molecule has 0 spiro atoms. The summed E-state index contributed by atoms with van der Waals surface area (Å²) in [6, 6.07) is 0. The average Bonchev–Trinajstić information content (AvgIpc) is 2.02. The van der Waals surface area contributed by atoms with Gasteiger partial charge in [0.25, 0.3) is 0 Å². The predicted octanol–water partition coefficient (Wildman–Crippen LogP) is 5.42. The Kier molecular flexibility index (Phi) is 12.9. The lowest BCUT2D eigenvalue weighted by Gasteiger charge is -2.22. The molecular weight excluding hydrogens is 833 g/mol. The van der Waals surface area contributed by atoms with E-state index in [9.17, 15) is 0 Å². The van der Waals surface area contributed by atoms with Crippen molar-refractivity contribution in [3.63, 3.8) is 0 Å². The number of rotatable bonds is 5. The molecule has 0 fully saturated rings. The Balaban J connectivity index is 3.90. The largest absolute Gasteiger partial charge is 0.0863 e. The van der Waals surface area contributed by atoms with Gasteiger partial charge in [-0.25, -0.2) is 0 Å². The van der Waals surface area contributed by atoms with Crippen LogP contribution in [-0.4, -0.2) is 18.1 Å². The lowest BCUT2D eigenvalue weighted by Crippen LogP contribution is -2.28. The second-order valence-electron chi connectivity index (χ2n) is 2.22. The zero-order valence-corrected chi connectivity index (χ0v) is 18.9. The van der Waals surface area contributed by atoms with Crippen LogP contribution in [-0.2, 0) is 0 Å². The molecule has 0 N–H and O–H groups in total. The summed E-state index contributed by atoms with van der Waals surface area (Å²) < 4.78 is 4.44. The van der Waals surface area contributed by atoms with Gasteiger partial charge in [-0.1, -0.05) is 136 Å². The maximum atomic E-state index is 2.60. The van der Waals surface area contributed by atoms with Crippen molar-refractivity contribution >= 4 is 136 Å². The number of hydrogen-bond acceptors (Lipinski definition) is 0. The van der Waals surface area contributed by atoms with Crippen LogP contribution in [0.25, 0.3) is 0 Å². The normalized spacial score (nSPS) is 19.2. The topological polar surface area (TPSA) is 0 Å². The maximum absolute atomic E-state index is 2.60. The van der Waals surface area contributed by atoms with Gasteiger partial charge in [0.05, 0.1) is 1.93 Å². The fourth-order valence-electron chi connectivity index (χ4n) is 0.602. The maximum Gasteiger partial charge on any atom is 0.0754 e. The molecular formula is C6H8I6. The van der Waals surface area contributed by atoms with Crippen molar-refractivity contribution in [3.05, 3.63) is 0 Å². The van der Waals surface area contributed by atoms with Crippen molar-refractivity contribution < 1.29 is 0 Å². The summed E-state index contributed by atoms with van der Waals surface area (Å²) in [7, 11) is 0. The molecule has 0 saturated carbocycles. The first-order valence-corrected chi connectivity index (χ1v) is 11.0. The van der Waals surface area contributed by atoms with Gasteiger partial charge in [-0.2, -0.15) is 0 Å². The highest BCUT2D eigenvalue weighted by Crippen LogP contribution is 2.34. The molecule has 3 atom stereocenters. The summed E-state index contributed by atoms with van der Waals surface area (Å²) in [6.07, 6.45) is 1.34. The first-order chi connectivity index (χ1) is 5.50. The minimum atomic E-state index is 0.745. The molecule has 0 aliphatic carbocycles. The fraction of sp³-hybridized carbons (Fsp3) is 1.00. The van der Waals surface area contributed by atoms with Crippen LogP contribution in [0, 0.1) is 0 Å². The van der Waals surface area contributed by atoms with Gasteiger partial charge >= 0.3 is 0 Å². The minimum absolute atomic E-state index is 0.745. The Hall–Kier alpha value is 4.38. The van der Waals surface area contributed by atoms with Crippen molar-refractivity contribution in [1.82, 2.24) is 0 Å². The average molecular weight is 842 g/mol. The molecule has 0 heterocycles. The standard InChI is InChI=1S/C6H8I6/c7-2-1-3(8)4(9)5(10)6(11)12/h3-6H,1-2H2. The zero-order valence-electron chi connectivity index (χ0n) is 5.99. The minimum Gasteiger partial charge on any atom is -0.0863 e. The van der Waals surface area contributed by atoms with E-state index >= 15 is 0 Å². The summed E-state index contributed by atoms with van der Waals surface area (Å²) >= 11 is 15.3. The second kappa shape index (κ2) is 9.41. The van der Waals surface area contributed by atoms with Crippen molar-refractivity contribution in [3.8, 4) is 0 Å². The van der Waals surface area contributed by atoms with Gasteiger partial charge in [0.15, 0.2) is 0 Å². The number of hydrogen-bond donors (Lipinski definition) is 0. The quantitative estimate of drug-likeness (QED) is 0.257. The van der Waals surface area contributed by atoms with Crippen LogP contribution < -0.4 is 0 Å². The Morgan fingerprint density at radius 3 is 1.67 bits per heavy atom. The summed E-state index contributed by atoms with van der Waals surface area (Å²) in [4.78, 5) is 0. The van der Waals surface area contributed by atoms with E-state index in [1.807, 2.05) is 0 Å². The second-order valence-corrected chi connectivity index (χ2v) is 12.8. The zero-order chi connectivity index (χ0) is 9.72. The van der Waals surface area contributed by atoms with Crippen molar-refractivity contribution in [2.75, 3.05) is 4.43 Å². The monoisotopic (exact) mass is 841 g/mol. The molecule has 0 radical (unpaired) electrons. The third-order valence-electron chi connectivity index (χ3n) is 1.28. The fourth-order valence-corrected chi connectivity index (χ4v) is 7.78. The molecule has 0 amide bonds. The van der Waals surface area contributed by atoms with Crippen LogP contribution in [0.4, 0.5) is 0 Å². The van der Waals surface area contributed by atoms with Crippen molar-refractivity contribution in [1.29, 1.82) is 0 Å². The van der Waals surface area contributed by atoms with E-state index in [0.29, 0.717) is 0 Å². The molecule has 0 aliphatic rings. The predicted molar refractivity (Wildman–Crippen MR) is 109 cm³/mol. The number of halogens is 6. The molecule has 3 unspecified atom stereocenters. The third-order valence-corrected chi connectivity index (χ3v) is 13.5. The molecule has 0 aliphatic heterocycles. The van der Waals surface area contributed by atoms with Gasteiger partial charge in [-0.05, 0) is 6.42 Å². The van der Waals surface area contributed by atoms with Gasteiger partial charge in [-0.15, -0.1) is 0 Å². The van der Waals surface area contributed by atoms with Crippen LogP contribution in [0.15, 0.2) is 0 Å². The van der Waals surface area contributed by atoms with Crippen LogP contribution >= 0.6 is 136 Å². The van der Waals surface area contributed by atoms with E-state index < -0.39 is 0 Å². The molecule has 0 aromatic carbocycles. The Morgan fingerprint density at radius 2 is 1.33 bits per heavy atom. The van der Waals surface area contributed by atoms with Crippen LogP contribution in [0.2, 0.25) is 0 Å². The van der Waals surface area contributed by atoms with Crippen molar-refractivity contribution in [2.24, 2.45) is 0 Å². The molecule has 12 heavy (non-hydrogen) atoms. The molecule has 0 aromatic rings. The summed E-state index contributed by atoms with van der Waals surface area (Å²) in [5.41, 5.74) is 0. The van der Waals surface area contributed by atoms with Crippen LogP contribution in [0.3, 0.4) is 0 Å². The van der Waals surface area contributed by atoms with Gasteiger partial charge in [0.2, 0.25) is 0 Å². The first-order valence-electron chi connectivity index (χ1n) is 3.27. The summed E-state index contributed by atoms with van der Waals surface area (Å²) in [6.45, 7) is 0. The van der Waals surface area contributed by atoms with Gasteiger partial charge in [0.1, 0.15) is 0 Å². The van der Waals surface area contributed by atoms with Crippen LogP contribution in [0.5, 0.6) is 0 Å². The van der Waals surface area contributed by atoms with Gasteiger partial charge < -0.3 is 0 Å². The molecule has 0 saturated heterocycles. The van der Waals surface area contributed by atoms with Gasteiger partial charge in [-0.3, -0.25) is 0 Å². The Labute approximate surface area is 156 Å². The highest BCUT2D eigenvalue weighted by molar-refractivity contribution is 14.2. The SMILES string of the molecule is ICCC(I)C(I)C(I)C(I)I.